The predicted molar refractivity (Wildman–Crippen MR) is 105 cm³/mol. The Kier molecular flexibility index (Phi) is 5.68. The lowest BCUT2D eigenvalue weighted by Crippen LogP contribution is -2.31. The van der Waals surface area contributed by atoms with Crippen LogP contribution in [0.2, 0.25) is 0 Å². The molecule has 28 heavy (non-hydrogen) atoms. The van der Waals surface area contributed by atoms with Crippen LogP contribution in [0, 0.1) is 11.2 Å². The third-order valence-corrected chi connectivity index (χ3v) is 4.39. The first-order valence-corrected chi connectivity index (χ1v) is 9.27. The van der Waals surface area contributed by atoms with Crippen molar-refractivity contribution in [1.82, 2.24) is 4.90 Å². The van der Waals surface area contributed by atoms with E-state index >= 15 is 0 Å². The van der Waals surface area contributed by atoms with E-state index in [2.05, 4.69) is 5.32 Å². The van der Waals surface area contributed by atoms with Crippen molar-refractivity contribution in [3.05, 3.63) is 59.4 Å². The van der Waals surface area contributed by atoms with Crippen LogP contribution in [0.1, 0.15) is 38.3 Å². The van der Waals surface area contributed by atoms with Gasteiger partial charge in [-0.25, -0.2) is 4.39 Å². The van der Waals surface area contributed by atoms with E-state index < -0.39 is 0 Å². The number of benzene rings is 2. The van der Waals surface area contributed by atoms with E-state index in [0.717, 1.165) is 11.1 Å². The van der Waals surface area contributed by atoms with Gasteiger partial charge in [-0.2, -0.15) is 0 Å². The summed E-state index contributed by atoms with van der Waals surface area (Å²) in [5.41, 5.74) is 2.24. The molecule has 1 N–H and O–H groups in total. The summed E-state index contributed by atoms with van der Waals surface area (Å²) in [6.07, 6.45) is 0.412. The molecular formula is C22H25FN2O3. The van der Waals surface area contributed by atoms with Gasteiger partial charge in [0, 0.05) is 30.8 Å². The number of nitrogens with zero attached hydrogens (tertiary/aromatic N) is 1. The van der Waals surface area contributed by atoms with Crippen LogP contribution in [0.5, 0.6) is 5.75 Å². The molecule has 2 aromatic rings. The molecule has 6 heteroatoms. The maximum Gasteiger partial charge on any atom is 0.261 e. The smallest absolute Gasteiger partial charge is 0.261 e. The molecule has 0 fully saturated rings. The Morgan fingerprint density at radius 2 is 1.89 bits per heavy atom. The van der Waals surface area contributed by atoms with E-state index in [1.54, 1.807) is 29.2 Å². The average molecular weight is 384 g/mol. The van der Waals surface area contributed by atoms with E-state index in [1.165, 1.54) is 12.1 Å². The second-order valence-electron chi connectivity index (χ2n) is 8.27. The van der Waals surface area contributed by atoms with Crippen LogP contribution >= 0.6 is 0 Å². The quantitative estimate of drug-likeness (QED) is 0.863. The van der Waals surface area contributed by atoms with Crippen LogP contribution < -0.4 is 10.1 Å². The molecule has 3 rings (SSSR count). The van der Waals surface area contributed by atoms with Gasteiger partial charge in [-0.05, 0) is 41.3 Å². The molecule has 0 spiro atoms. The molecule has 0 saturated carbocycles. The number of anilines is 1. The van der Waals surface area contributed by atoms with Crippen molar-refractivity contribution in [1.29, 1.82) is 0 Å². The molecule has 5 nitrogen and oxygen atoms in total. The Bertz CT molecular complexity index is 872. The third-order valence-electron chi connectivity index (χ3n) is 4.39. The lowest BCUT2D eigenvalue weighted by Gasteiger charge is -2.20. The van der Waals surface area contributed by atoms with E-state index in [4.69, 9.17) is 4.74 Å². The Morgan fingerprint density at radius 1 is 1.18 bits per heavy atom. The van der Waals surface area contributed by atoms with Gasteiger partial charge in [0.15, 0.2) is 6.61 Å². The van der Waals surface area contributed by atoms with Gasteiger partial charge in [0.05, 0.1) is 0 Å². The van der Waals surface area contributed by atoms with Crippen LogP contribution in [0.3, 0.4) is 0 Å². The van der Waals surface area contributed by atoms with Gasteiger partial charge in [-0.3, -0.25) is 9.59 Å². The molecule has 2 aromatic carbocycles. The first-order chi connectivity index (χ1) is 13.2. The molecule has 148 valence electrons. The topological polar surface area (TPSA) is 58.6 Å². The Hall–Kier alpha value is -2.89. The normalized spacial score (nSPS) is 14.1. The number of nitrogens with one attached hydrogen (secondary N) is 1. The van der Waals surface area contributed by atoms with Crippen LogP contribution in [-0.4, -0.2) is 23.3 Å². The summed E-state index contributed by atoms with van der Waals surface area (Å²) in [4.78, 5) is 26.3. The summed E-state index contributed by atoms with van der Waals surface area (Å²) in [5.74, 6) is 0.124. The van der Waals surface area contributed by atoms with Crippen molar-refractivity contribution in [3.8, 4) is 5.75 Å². The van der Waals surface area contributed by atoms with E-state index in [-0.39, 0.29) is 29.7 Å². The summed E-state index contributed by atoms with van der Waals surface area (Å²) < 4.78 is 18.7. The lowest BCUT2D eigenvalue weighted by molar-refractivity contribution is -0.133. The molecule has 0 aromatic heterocycles. The van der Waals surface area contributed by atoms with Gasteiger partial charge < -0.3 is 15.0 Å². The highest BCUT2D eigenvalue weighted by Gasteiger charge is 2.23. The highest BCUT2D eigenvalue weighted by molar-refractivity contribution is 5.91. The molecule has 0 radical (unpaired) electrons. The summed E-state index contributed by atoms with van der Waals surface area (Å²) in [5, 5.41) is 2.91. The van der Waals surface area contributed by atoms with Crippen LogP contribution in [0.4, 0.5) is 10.1 Å². The molecule has 0 bridgehead atoms. The van der Waals surface area contributed by atoms with E-state index in [9.17, 15) is 14.0 Å². The summed E-state index contributed by atoms with van der Waals surface area (Å²) >= 11 is 0. The number of hydrogen-bond donors (Lipinski definition) is 1. The highest BCUT2D eigenvalue weighted by Crippen LogP contribution is 2.28. The molecule has 0 saturated heterocycles. The second kappa shape index (κ2) is 8.00. The zero-order valence-electron chi connectivity index (χ0n) is 16.4. The molecule has 0 aliphatic carbocycles. The predicted octanol–water partition coefficient (Wildman–Crippen LogP) is 4.12. The summed E-state index contributed by atoms with van der Waals surface area (Å²) in [6, 6.07) is 11.5. The van der Waals surface area contributed by atoms with Crippen molar-refractivity contribution in [3.63, 3.8) is 0 Å². The first-order valence-electron chi connectivity index (χ1n) is 9.27. The van der Waals surface area contributed by atoms with E-state index in [0.29, 0.717) is 30.9 Å². The average Bonchev–Trinajstić information content (AvgIpc) is 2.74. The molecule has 2 amide bonds. The Morgan fingerprint density at radius 3 is 2.57 bits per heavy atom. The number of amides is 2. The van der Waals surface area contributed by atoms with E-state index in [1.807, 2.05) is 26.8 Å². The molecule has 1 aliphatic heterocycles. The highest BCUT2D eigenvalue weighted by atomic mass is 19.1. The minimum absolute atomic E-state index is 0.0517. The second-order valence-corrected chi connectivity index (χ2v) is 8.27. The Labute approximate surface area is 164 Å². The lowest BCUT2D eigenvalue weighted by atomic mass is 9.92. The number of rotatable bonds is 4. The number of carbonyl (C=O) groups is 2. The van der Waals surface area contributed by atoms with Crippen molar-refractivity contribution in [2.45, 2.75) is 40.3 Å². The number of fused-ring (bicyclic) bond motifs is 1. The molecule has 1 heterocycles. The summed E-state index contributed by atoms with van der Waals surface area (Å²) in [6.45, 7) is 6.70. The van der Waals surface area contributed by atoms with Crippen LogP contribution in [0.25, 0.3) is 0 Å². The van der Waals surface area contributed by atoms with Gasteiger partial charge in [0.1, 0.15) is 11.6 Å². The van der Waals surface area contributed by atoms with Crippen LogP contribution in [0.15, 0.2) is 42.5 Å². The fourth-order valence-electron chi connectivity index (χ4n) is 3.09. The Balaban J connectivity index is 1.75. The van der Waals surface area contributed by atoms with Gasteiger partial charge in [0.25, 0.3) is 5.91 Å². The maximum atomic E-state index is 13.1. The first kappa shape index (κ1) is 19.9. The zero-order chi connectivity index (χ0) is 20.3. The number of carbonyl (C=O) groups excluding carboxylic acids is 2. The van der Waals surface area contributed by atoms with Gasteiger partial charge in [-0.1, -0.05) is 32.9 Å². The molecule has 0 unspecified atom stereocenters. The van der Waals surface area contributed by atoms with Crippen molar-refractivity contribution in [2.24, 2.45) is 5.41 Å². The third kappa shape index (κ3) is 5.31. The van der Waals surface area contributed by atoms with Crippen molar-refractivity contribution in [2.75, 3.05) is 11.9 Å². The largest absolute Gasteiger partial charge is 0.483 e. The van der Waals surface area contributed by atoms with Gasteiger partial charge in [-0.15, -0.1) is 0 Å². The summed E-state index contributed by atoms with van der Waals surface area (Å²) in [7, 11) is 0. The SMILES string of the molecule is CC(C)(C)CC(=O)Nc1ccc2c(c1)CN(Cc1ccc(F)cc1)C(=O)CO2. The zero-order valence-corrected chi connectivity index (χ0v) is 16.4. The maximum absolute atomic E-state index is 13.1. The van der Waals surface area contributed by atoms with Crippen molar-refractivity contribution >= 4 is 17.5 Å². The van der Waals surface area contributed by atoms with Gasteiger partial charge in [0.2, 0.25) is 5.91 Å². The number of ether oxygens (including phenoxy) is 1. The minimum Gasteiger partial charge on any atom is -0.483 e. The fourth-order valence-corrected chi connectivity index (χ4v) is 3.09. The molecular weight excluding hydrogens is 359 g/mol. The molecule has 1 aliphatic rings. The van der Waals surface area contributed by atoms with Crippen LogP contribution in [-0.2, 0) is 22.7 Å². The van der Waals surface area contributed by atoms with Crippen molar-refractivity contribution < 1.29 is 18.7 Å². The molecule has 0 atom stereocenters. The standard InChI is InChI=1S/C22H25FN2O3/c1-22(2,3)11-20(26)24-18-8-9-19-16(10-18)13-25(21(27)14-28-19)12-15-4-6-17(23)7-5-15/h4-10H,11-14H2,1-3H3,(H,24,26). The monoisotopic (exact) mass is 384 g/mol. The van der Waals surface area contributed by atoms with Gasteiger partial charge >= 0.3 is 0 Å². The minimum atomic E-state index is -0.310. The number of halogens is 1. The number of hydrogen-bond acceptors (Lipinski definition) is 3. The fraction of sp³-hybridized carbons (Fsp3) is 0.364.